The fourth-order valence-corrected chi connectivity index (χ4v) is 5.19. The van der Waals surface area contributed by atoms with Crippen molar-refractivity contribution in [2.45, 2.75) is 42.5 Å². The molecule has 4 rings (SSSR count). The van der Waals surface area contributed by atoms with Gasteiger partial charge in [0.2, 0.25) is 5.95 Å². The van der Waals surface area contributed by atoms with E-state index in [9.17, 15) is 24.5 Å². The molecule has 0 spiro atoms. The van der Waals surface area contributed by atoms with Gasteiger partial charge in [-0.1, -0.05) is 11.8 Å². The first-order valence-corrected chi connectivity index (χ1v) is 11.3. The van der Waals surface area contributed by atoms with Crippen molar-refractivity contribution in [2.24, 2.45) is 0 Å². The summed E-state index contributed by atoms with van der Waals surface area (Å²) in [6.45, 7) is -0.219. The molecule has 14 nitrogen and oxygen atoms in total. The number of nitrogen functional groups attached to an aromatic ring is 1. The molecule has 2 aromatic rings. The zero-order valence-electron chi connectivity index (χ0n) is 15.2. The van der Waals surface area contributed by atoms with Crippen LogP contribution in [0.2, 0.25) is 0 Å². The first kappa shape index (κ1) is 21.4. The molecular formula is C14H19N5O9PS+. The lowest BCUT2D eigenvalue weighted by Gasteiger charge is -2.24. The molecule has 2 fully saturated rings. The van der Waals surface area contributed by atoms with Crippen LogP contribution in [-0.4, -0.2) is 76.2 Å². The number of aromatic amines is 1. The van der Waals surface area contributed by atoms with Crippen LogP contribution in [0.25, 0.3) is 11.2 Å². The van der Waals surface area contributed by atoms with Crippen LogP contribution in [0.3, 0.4) is 0 Å². The Morgan fingerprint density at radius 1 is 1.40 bits per heavy atom. The lowest BCUT2D eigenvalue weighted by Crippen LogP contribution is -2.40. The summed E-state index contributed by atoms with van der Waals surface area (Å²) in [4.78, 5) is 53.0. The Morgan fingerprint density at radius 2 is 2.17 bits per heavy atom. The number of imidazole rings is 1. The lowest BCUT2D eigenvalue weighted by molar-refractivity contribution is -0.137. The Morgan fingerprint density at radius 3 is 2.90 bits per heavy atom. The summed E-state index contributed by atoms with van der Waals surface area (Å²) < 4.78 is 17.1. The number of aliphatic carboxylic acids is 1. The molecule has 2 aliphatic rings. The molecule has 7 N–H and O–H groups in total. The van der Waals surface area contributed by atoms with E-state index in [1.807, 2.05) is 0 Å². The van der Waals surface area contributed by atoms with Crippen molar-refractivity contribution in [3.63, 3.8) is 0 Å². The Bertz CT molecular complexity index is 1030. The molecule has 0 saturated carbocycles. The van der Waals surface area contributed by atoms with Crippen molar-refractivity contribution in [2.75, 3.05) is 18.1 Å². The summed E-state index contributed by atoms with van der Waals surface area (Å²) in [7, 11) is -4.07. The molecule has 4 heterocycles. The highest BCUT2D eigenvalue weighted by Gasteiger charge is 2.60. The standard InChI is InChI=1S/C14H18N5O9PS/c15-13-17-10-7(11(23)18-13)16-14(30-3-1-2-6(20)21)19(10)12-8(22)9-5(27-12)4-26-29(24,25)28-9/h5,8-9,12,22,24-25H,1-4H2,(H3-,15,17,18,20,21,23)/p+1/t5?,8-,9+,12+/m0/s1. The smallest absolute Gasteiger partial charge is 0.481 e. The van der Waals surface area contributed by atoms with E-state index in [1.54, 1.807) is 0 Å². The number of carboxylic acid groups (broad SMARTS) is 1. The number of nitrogens with one attached hydrogen (secondary N) is 1. The molecule has 0 aliphatic carbocycles. The molecule has 2 aliphatic heterocycles. The van der Waals surface area contributed by atoms with Crippen LogP contribution in [0.4, 0.5) is 5.95 Å². The normalized spacial score (nSPS) is 28.0. The fourth-order valence-electron chi connectivity index (χ4n) is 3.26. The SMILES string of the molecule is Nc1nc2c(nc(SCCCC(=O)O)n2[C@@H]2OC3CO[P+](O)(O)O[C@H]3[C@@H]2O)c(=O)[nH]1. The molecular weight excluding hydrogens is 445 g/mol. The summed E-state index contributed by atoms with van der Waals surface area (Å²) in [6, 6.07) is 0. The van der Waals surface area contributed by atoms with E-state index >= 15 is 0 Å². The van der Waals surface area contributed by atoms with Crippen LogP contribution in [0.1, 0.15) is 19.1 Å². The van der Waals surface area contributed by atoms with E-state index in [0.29, 0.717) is 12.2 Å². The number of aliphatic hydroxyl groups excluding tert-OH is 1. The molecule has 0 bridgehead atoms. The molecule has 0 aromatic carbocycles. The molecule has 30 heavy (non-hydrogen) atoms. The zero-order chi connectivity index (χ0) is 21.6. The largest absolute Gasteiger partial charge is 0.570 e. The Balaban J connectivity index is 1.70. The second kappa shape index (κ2) is 8.01. The van der Waals surface area contributed by atoms with Gasteiger partial charge in [0.15, 0.2) is 28.7 Å². The molecule has 2 aromatic heterocycles. The first-order chi connectivity index (χ1) is 14.2. The molecule has 1 unspecified atom stereocenters. The van der Waals surface area contributed by atoms with Crippen molar-refractivity contribution in [1.82, 2.24) is 19.5 Å². The van der Waals surface area contributed by atoms with Crippen molar-refractivity contribution in [3.05, 3.63) is 10.4 Å². The Hall–Kier alpha value is -1.84. The molecule has 0 radical (unpaired) electrons. The number of hydrogen-bond acceptors (Lipinski definition) is 12. The highest BCUT2D eigenvalue weighted by molar-refractivity contribution is 7.99. The summed E-state index contributed by atoms with van der Waals surface area (Å²) in [5.74, 6) is -0.748. The van der Waals surface area contributed by atoms with Crippen LogP contribution < -0.4 is 11.3 Å². The van der Waals surface area contributed by atoms with Crippen LogP contribution in [-0.2, 0) is 18.6 Å². The van der Waals surface area contributed by atoms with E-state index in [1.165, 1.54) is 4.57 Å². The number of nitrogens with two attached hydrogens (primary N) is 1. The third-order valence-corrected chi connectivity index (χ3v) is 6.58. The van der Waals surface area contributed by atoms with E-state index in [-0.39, 0.29) is 35.3 Å². The van der Waals surface area contributed by atoms with E-state index < -0.39 is 44.2 Å². The highest BCUT2D eigenvalue weighted by Crippen LogP contribution is 2.59. The number of fused-ring (bicyclic) bond motifs is 2. The molecule has 2 saturated heterocycles. The van der Waals surface area contributed by atoms with Crippen LogP contribution in [0.5, 0.6) is 0 Å². The maximum atomic E-state index is 12.3. The van der Waals surface area contributed by atoms with Gasteiger partial charge in [-0.2, -0.15) is 19.3 Å². The number of hydrogen-bond donors (Lipinski definition) is 6. The number of carbonyl (C=O) groups is 1. The number of anilines is 1. The summed E-state index contributed by atoms with van der Waals surface area (Å²) in [5.41, 5.74) is 5.07. The number of aromatic nitrogens is 4. The monoisotopic (exact) mass is 464 g/mol. The quantitative estimate of drug-likeness (QED) is 0.172. The second-order valence-corrected chi connectivity index (χ2v) is 9.16. The van der Waals surface area contributed by atoms with Crippen molar-refractivity contribution >= 4 is 43.0 Å². The molecule has 16 heteroatoms. The van der Waals surface area contributed by atoms with Crippen molar-refractivity contribution in [1.29, 1.82) is 0 Å². The number of H-pyrrole nitrogens is 1. The third-order valence-electron chi connectivity index (χ3n) is 4.53. The van der Waals surface area contributed by atoms with Gasteiger partial charge in [-0.15, -0.1) is 4.52 Å². The topological polar surface area (TPSA) is 215 Å². The first-order valence-electron chi connectivity index (χ1n) is 8.79. The van der Waals surface area contributed by atoms with Gasteiger partial charge >= 0.3 is 14.1 Å². The third kappa shape index (κ3) is 4.02. The predicted molar refractivity (Wildman–Crippen MR) is 102 cm³/mol. The lowest BCUT2D eigenvalue weighted by atomic mass is 10.1. The average molecular weight is 464 g/mol. The van der Waals surface area contributed by atoms with Crippen LogP contribution >= 0.6 is 19.9 Å². The summed E-state index contributed by atoms with van der Waals surface area (Å²) in [5, 5.41) is 19.8. The van der Waals surface area contributed by atoms with Gasteiger partial charge in [0.1, 0.15) is 18.8 Å². The van der Waals surface area contributed by atoms with Crippen molar-refractivity contribution < 1.29 is 38.6 Å². The van der Waals surface area contributed by atoms with Crippen molar-refractivity contribution in [3.8, 4) is 0 Å². The fraction of sp³-hybridized carbons (Fsp3) is 0.571. The number of thioether (sulfide) groups is 1. The van der Waals surface area contributed by atoms with Gasteiger partial charge in [-0.05, 0) is 6.42 Å². The minimum absolute atomic E-state index is 0.0426. The van der Waals surface area contributed by atoms with Crippen LogP contribution in [0.15, 0.2) is 9.95 Å². The van der Waals surface area contributed by atoms with E-state index in [4.69, 9.17) is 24.6 Å². The second-order valence-electron chi connectivity index (χ2n) is 6.65. The minimum Gasteiger partial charge on any atom is -0.481 e. The maximum absolute atomic E-state index is 12.3. The highest BCUT2D eigenvalue weighted by atomic mass is 32.2. The Labute approximate surface area is 172 Å². The maximum Gasteiger partial charge on any atom is 0.570 e. The number of aliphatic hydroxyl groups is 1. The predicted octanol–water partition coefficient (Wildman–Crippen LogP) is -1.01. The van der Waals surface area contributed by atoms with Gasteiger partial charge in [0, 0.05) is 12.2 Å². The van der Waals surface area contributed by atoms with Crippen LogP contribution in [0, 0.1) is 0 Å². The molecule has 4 atom stereocenters. The molecule has 0 amide bonds. The number of rotatable bonds is 6. The number of ether oxygens (including phenoxy) is 1. The number of carboxylic acids is 1. The zero-order valence-corrected chi connectivity index (χ0v) is 17.0. The van der Waals surface area contributed by atoms with Gasteiger partial charge in [0.05, 0.1) is 0 Å². The summed E-state index contributed by atoms with van der Waals surface area (Å²) >= 11 is 1.15. The molecule has 164 valence electrons. The Kier molecular flexibility index (Phi) is 5.71. The van der Waals surface area contributed by atoms with Gasteiger partial charge < -0.3 is 20.7 Å². The van der Waals surface area contributed by atoms with Gasteiger partial charge in [-0.25, -0.2) is 4.98 Å². The van der Waals surface area contributed by atoms with Gasteiger partial charge in [-0.3, -0.25) is 19.1 Å². The van der Waals surface area contributed by atoms with Gasteiger partial charge in [0.25, 0.3) is 5.56 Å². The minimum atomic E-state index is -4.07. The van der Waals surface area contributed by atoms with E-state index in [0.717, 1.165) is 11.8 Å². The van der Waals surface area contributed by atoms with E-state index in [2.05, 4.69) is 15.0 Å². The average Bonchev–Trinajstić information content (AvgIpc) is 3.16. The summed E-state index contributed by atoms with van der Waals surface area (Å²) in [6.07, 6.45) is -4.10. The number of nitrogens with zero attached hydrogens (tertiary/aromatic N) is 3.